The topological polar surface area (TPSA) is 57.6 Å². The van der Waals surface area contributed by atoms with Crippen LogP contribution < -0.4 is 0 Å². The van der Waals surface area contributed by atoms with Gasteiger partial charge in [0.05, 0.1) is 5.02 Å². The Labute approximate surface area is 106 Å². The zero-order chi connectivity index (χ0) is 12.6. The third-order valence-corrected chi connectivity index (χ3v) is 5.20. The molecule has 2 rings (SSSR count). The van der Waals surface area contributed by atoms with Crippen molar-refractivity contribution in [3.8, 4) is 0 Å². The van der Waals surface area contributed by atoms with Crippen molar-refractivity contribution < 1.29 is 13.5 Å². The summed E-state index contributed by atoms with van der Waals surface area (Å²) in [6.45, 7) is 2.60. The van der Waals surface area contributed by atoms with E-state index in [4.69, 9.17) is 16.7 Å². The Bertz CT molecular complexity index is 524. The van der Waals surface area contributed by atoms with E-state index >= 15 is 0 Å². The van der Waals surface area contributed by atoms with Gasteiger partial charge < -0.3 is 5.11 Å². The predicted molar refractivity (Wildman–Crippen MR) is 65.5 cm³/mol. The highest BCUT2D eigenvalue weighted by Crippen LogP contribution is 2.29. The summed E-state index contributed by atoms with van der Waals surface area (Å²) in [5.41, 5.74) is 0.922. The highest BCUT2D eigenvalue weighted by molar-refractivity contribution is 7.89. The lowest BCUT2D eigenvalue weighted by Crippen LogP contribution is -2.51. The Morgan fingerprint density at radius 1 is 1.47 bits per heavy atom. The molecule has 0 aromatic heterocycles. The normalized spacial score (nSPS) is 18.1. The van der Waals surface area contributed by atoms with E-state index in [0.29, 0.717) is 13.1 Å². The molecule has 0 spiro atoms. The number of hydrogen-bond donors (Lipinski definition) is 1. The summed E-state index contributed by atoms with van der Waals surface area (Å²) < 4.78 is 25.7. The molecule has 1 saturated heterocycles. The molecule has 1 aliphatic heterocycles. The lowest BCUT2D eigenvalue weighted by atomic mass is 10.1. The monoisotopic (exact) mass is 275 g/mol. The van der Waals surface area contributed by atoms with E-state index in [0.717, 1.165) is 5.56 Å². The van der Waals surface area contributed by atoms with Crippen LogP contribution in [0, 0.1) is 12.8 Å². The van der Waals surface area contributed by atoms with E-state index in [1.165, 1.54) is 10.4 Å². The smallest absolute Gasteiger partial charge is 0.244 e. The van der Waals surface area contributed by atoms with Crippen molar-refractivity contribution in [3.05, 3.63) is 28.8 Å². The van der Waals surface area contributed by atoms with Gasteiger partial charge in [0.25, 0.3) is 0 Å². The first-order chi connectivity index (χ1) is 7.95. The molecule has 0 bridgehead atoms. The molecule has 0 saturated carbocycles. The van der Waals surface area contributed by atoms with Crippen LogP contribution in [0.1, 0.15) is 5.56 Å². The van der Waals surface area contributed by atoms with Gasteiger partial charge in [0.15, 0.2) is 0 Å². The van der Waals surface area contributed by atoms with Gasteiger partial charge in [0.1, 0.15) is 4.90 Å². The van der Waals surface area contributed by atoms with Crippen molar-refractivity contribution in [2.24, 2.45) is 5.92 Å². The van der Waals surface area contributed by atoms with Crippen LogP contribution in [0.2, 0.25) is 5.02 Å². The Morgan fingerprint density at radius 2 is 2.12 bits per heavy atom. The molecule has 1 aromatic rings. The molecule has 4 nitrogen and oxygen atoms in total. The summed E-state index contributed by atoms with van der Waals surface area (Å²) >= 11 is 5.95. The average molecular weight is 276 g/mol. The van der Waals surface area contributed by atoms with Crippen molar-refractivity contribution in [3.63, 3.8) is 0 Å². The molecule has 0 unspecified atom stereocenters. The summed E-state index contributed by atoms with van der Waals surface area (Å²) in [4.78, 5) is 0.140. The Morgan fingerprint density at radius 3 is 2.65 bits per heavy atom. The standard InChI is InChI=1S/C11H14ClNO3S/c1-8-2-3-11(10(12)4-8)17(15,16)13-5-9(6-13)7-14/h2-4,9,14H,5-7H2,1H3. The fraction of sp³-hybridized carbons (Fsp3) is 0.455. The zero-order valence-corrected chi connectivity index (χ0v) is 11.0. The second-order valence-electron chi connectivity index (χ2n) is 4.30. The fourth-order valence-electron chi connectivity index (χ4n) is 1.79. The molecule has 0 aliphatic carbocycles. The van der Waals surface area contributed by atoms with E-state index < -0.39 is 10.0 Å². The maximum absolute atomic E-state index is 12.2. The number of sulfonamides is 1. The van der Waals surface area contributed by atoms with Crippen LogP contribution in [0.25, 0.3) is 0 Å². The number of aliphatic hydroxyl groups excluding tert-OH is 1. The van der Waals surface area contributed by atoms with Gasteiger partial charge in [-0.3, -0.25) is 0 Å². The van der Waals surface area contributed by atoms with E-state index in [1.807, 2.05) is 6.92 Å². The second-order valence-corrected chi connectivity index (χ2v) is 6.62. The number of aliphatic hydroxyl groups is 1. The minimum absolute atomic E-state index is 0.0215. The lowest BCUT2D eigenvalue weighted by molar-refractivity contribution is 0.117. The quantitative estimate of drug-likeness (QED) is 0.904. The molecule has 17 heavy (non-hydrogen) atoms. The van der Waals surface area contributed by atoms with Crippen molar-refractivity contribution in [2.45, 2.75) is 11.8 Å². The van der Waals surface area contributed by atoms with Crippen LogP contribution in [-0.4, -0.2) is 37.5 Å². The van der Waals surface area contributed by atoms with E-state index in [9.17, 15) is 8.42 Å². The van der Waals surface area contributed by atoms with Crippen molar-refractivity contribution in [1.82, 2.24) is 4.31 Å². The van der Waals surface area contributed by atoms with E-state index in [-0.39, 0.29) is 22.4 Å². The first kappa shape index (κ1) is 12.8. The number of nitrogens with zero attached hydrogens (tertiary/aromatic N) is 1. The van der Waals surface area contributed by atoms with Gasteiger partial charge in [-0.2, -0.15) is 4.31 Å². The minimum atomic E-state index is -3.50. The van der Waals surface area contributed by atoms with Crippen molar-refractivity contribution in [2.75, 3.05) is 19.7 Å². The van der Waals surface area contributed by atoms with E-state index in [1.54, 1.807) is 12.1 Å². The van der Waals surface area contributed by atoms with Gasteiger partial charge in [0, 0.05) is 25.6 Å². The Hall–Kier alpha value is -0.620. The highest BCUT2D eigenvalue weighted by atomic mass is 35.5. The summed E-state index contributed by atoms with van der Waals surface area (Å²) in [5, 5.41) is 9.13. The second kappa shape index (κ2) is 4.57. The summed E-state index contributed by atoms with van der Waals surface area (Å²) in [6, 6.07) is 4.89. The largest absolute Gasteiger partial charge is 0.396 e. The lowest BCUT2D eigenvalue weighted by Gasteiger charge is -2.37. The number of hydrogen-bond acceptors (Lipinski definition) is 3. The van der Waals surface area contributed by atoms with Gasteiger partial charge in [-0.1, -0.05) is 17.7 Å². The summed E-state index contributed by atoms with van der Waals surface area (Å²) in [5.74, 6) is 0.0500. The molecule has 0 radical (unpaired) electrons. The van der Waals surface area contributed by atoms with Gasteiger partial charge in [-0.25, -0.2) is 8.42 Å². The maximum atomic E-state index is 12.2. The van der Waals surface area contributed by atoms with Crippen molar-refractivity contribution in [1.29, 1.82) is 0 Å². The fourth-order valence-corrected chi connectivity index (χ4v) is 3.95. The van der Waals surface area contributed by atoms with Crippen LogP contribution >= 0.6 is 11.6 Å². The SMILES string of the molecule is Cc1ccc(S(=O)(=O)N2CC(CO)C2)c(Cl)c1. The Kier molecular flexibility index (Phi) is 3.45. The molecule has 0 atom stereocenters. The van der Waals surface area contributed by atoms with Crippen LogP contribution in [0.5, 0.6) is 0 Å². The van der Waals surface area contributed by atoms with Crippen LogP contribution in [0.15, 0.2) is 23.1 Å². The van der Waals surface area contributed by atoms with Gasteiger partial charge in [0.2, 0.25) is 10.0 Å². The van der Waals surface area contributed by atoms with Crippen LogP contribution in [-0.2, 0) is 10.0 Å². The third-order valence-electron chi connectivity index (χ3n) is 2.89. The zero-order valence-electron chi connectivity index (χ0n) is 9.43. The van der Waals surface area contributed by atoms with E-state index in [2.05, 4.69) is 0 Å². The number of rotatable bonds is 3. The molecule has 1 N–H and O–H groups in total. The number of aryl methyl sites for hydroxylation is 1. The molecule has 6 heteroatoms. The molecule has 94 valence electrons. The molecular formula is C11H14ClNO3S. The maximum Gasteiger partial charge on any atom is 0.244 e. The van der Waals surface area contributed by atoms with Crippen molar-refractivity contribution >= 4 is 21.6 Å². The minimum Gasteiger partial charge on any atom is -0.396 e. The van der Waals surface area contributed by atoms with Crippen LogP contribution in [0.4, 0.5) is 0 Å². The predicted octanol–water partition coefficient (Wildman–Crippen LogP) is 1.26. The van der Waals surface area contributed by atoms with Crippen LogP contribution in [0.3, 0.4) is 0 Å². The molecule has 1 fully saturated rings. The highest BCUT2D eigenvalue weighted by Gasteiger charge is 2.37. The molecular weight excluding hydrogens is 262 g/mol. The van der Waals surface area contributed by atoms with Gasteiger partial charge in [-0.15, -0.1) is 0 Å². The summed E-state index contributed by atoms with van der Waals surface area (Å²) in [7, 11) is -3.50. The van der Waals surface area contributed by atoms with Gasteiger partial charge >= 0.3 is 0 Å². The Balaban J connectivity index is 2.27. The first-order valence-corrected chi connectivity index (χ1v) is 7.14. The number of benzene rings is 1. The molecule has 1 aliphatic rings. The molecule has 1 aromatic carbocycles. The van der Waals surface area contributed by atoms with Gasteiger partial charge in [-0.05, 0) is 24.6 Å². The average Bonchev–Trinajstić information content (AvgIpc) is 2.14. The molecule has 0 amide bonds. The summed E-state index contributed by atoms with van der Waals surface area (Å²) in [6.07, 6.45) is 0. The number of halogens is 1. The first-order valence-electron chi connectivity index (χ1n) is 5.32. The third kappa shape index (κ3) is 2.33. The molecule has 1 heterocycles.